The minimum Gasteiger partial charge on any atom is -0.142 e. The van der Waals surface area contributed by atoms with Crippen LogP contribution in [0.25, 0.3) is 0 Å². The Balaban J connectivity index is 3.46. The summed E-state index contributed by atoms with van der Waals surface area (Å²) in [4.78, 5) is 0.972. The molecule has 0 unspecified atom stereocenters. The molecule has 0 radical (unpaired) electrons. The Morgan fingerprint density at radius 1 is 1.18 bits per heavy atom. The molecule has 11 heavy (non-hydrogen) atoms. The molecule has 0 aromatic heterocycles. The van der Waals surface area contributed by atoms with Gasteiger partial charge in [-0.25, -0.2) is 0 Å². The van der Waals surface area contributed by atoms with Crippen molar-refractivity contribution in [2.75, 3.05) is 0 Å². The molecule has 0 spiro atoms. The predicted molar refractivity (Wildman–Crippen MR) is 61.5 cm³/mol. The monoisotopic (exact) mass is 358 g/mol. The van der Waals surface area contributed by atoms with E-state index in [4.69, 9.17) is 0 Å². The van der Waals surface area contributed by atoms with Crippen LogP contribution in [0.15, 0.2) is 24.4 Å². The fraction of sp³-hybridized carbons (Fsp3) is 0.143. The van der Waals surface area contributed by atoms with E-state index in [1.165, 1.54) is 0 Å². The maximum atomic E-state index is 4.33. The Bertz CT molecular complexity index is 270. The smallest absolute Gasteiger partial charge is 0.0358 e. The lowest BCUT2D eigenvalue weighted by Crippen LogP contribution is -1.82. The topological polar surface area (TPSA) is 0 Å². The summed E-state index contributed by atoms with van der Waals surface area (Å²) < 4.78 is 3.11. The van der Waals surface area contributed by atoms with Crippen molar-refractivity contribution in [3.8, 4) is 0 Å². The van der Waals surface area contributed by atoms with Crippen molar-refractivity contribution in [3.05, 3.63) is 25.0 Å². The van der Waals surface area contributed by atoms with E-state index in [0.717, 1.165) is 23.9 Å². The van der Waals surface area contributed by atoms with Gasteiger partial charge in [-0.15, -0.1) is 12.6 Å². The van der Waals surface area contributed by atoms with Gasteiger partial charge in [-0.3, -0.25) is 0 Å². The van der Waals surface area contributed by atoms with Gasteiger partial charge < -0.3 is 0 Å². The van der Waals surface area contributed by atoms with Crippen LogP contribution < -0.4 is 0 Å². The lowest BCUT2D eigenvalue weighted by atomic mass is 10.2. The highest BCUT2D eigenvalue weighted by atomic mass is 79.9. The normalized spacial score (nSPS) is 10.3. The minimum absolute atomic E-state index is 0.972. The molecule has 4 heteroatoms. The molecule has 0 saturated carbocycles. The first kappa shape index (κ1) is 10.1. The zero-order valence-electron chi connectivity index (χ0n) is 5.66. The van der Waals surface area contributed by atoms with Crippen LogP contribution in [0.1, 0.15) is 5.56 Å². The summed E-state index contributed by atoms with van der Waals surface area (Å²) in [5.74, 6) is 0. The quantitative estimate of drug-likeness (QED) is 0.508. The zero-order valence-corrected chi connectivity index (χ0v) is 11.3. The maximum absolute atomic E-state index is 4.33. The van der Waals surface area contributed by atoms with Gasteiger partial charge in [0.15, 0.2) is 0 Å². The lowest BCUT2D eigenvalue weighted by Gasteiger charge is -2.06. The summed E-state index contributed by atoms with van der Waals surface area (Å²) >= 11 is 14.6. The second-order valence-electron chi connectivity index (χ2n) is 2.13. The SMILES string of the molecule is Cc1c(S)c(Br)cc(Br)c1Br. The van der Waals surface area contributed by atoms with Crippen LogP contribution in [-0.2, 0) is 0 Å². The third-order valence-corrected chi connectivity index (χ3v) is 5.06. The minimum atomic E-state index is 0.972. The van der Waals surface area contributed by atoms with Crippen molar-refractivity contribution in [1.82, 2.24) is 0 Å². The number of hydrogen-bond acceptors (Lipinski definition) is 1. The van der Waals surface area contributed by atoms with E-state index in [1.807, 2.05) is 13.0 Å². The molecule has 0 aliphatic rings. The molecule has 60 valence electrons. The summed E-state index contributed by atoms with van der Waals surface area (Å²) in [6.45, 7) is 2.02. The van der Waals surface area contributed by atoms with E-state index in [2.05, 4.69) is 60.4 Å². The predicted octanol–water partition coefficient (Wildman–Crippen LogP) is 4.57. The van der Waals surface area contributed by atoms with Crippen LogP contribution in [0.2, 0.25) is 0 Å². The number of hydrogen-bond donors (Lipinski definition) is 1. The van der Waals surface area contributed by atoms with E-state index >= 15 is 0 Å². The molecular formula is C7H5Br3S. The van der Waals surface area contributed by atoms with Gasteiger partial charge in [0, 0.05) is 18.3 Å². The van der Waals surface area contributed by atoms with Crippen molar-refractivity contribution < 1.29 is 0 Å². The van der Waals surface area contributed by atoms with Gasteiger partial charge in [-0.2, -0.15) is 0 Å². The number of benzene rings is 1. The number of halogens is 3. The summed E-state index contributed by atoms with van der Waals surface area (Å²) in [6.07, 6.45) is 0. The molecule has 0 fully saturated rings. The number of thiol groups is 1. The Morgan fingerprint density at radius 3 is 2.27 bits per heavy atom. The van der Waals surface area contributed by atoms with Crippen LogP contribution in [0, 0.1) is 6.92 Å². The third kappa shape index (κ3) is 2.02. The highest BCUT2D eigenvalue weighted by molar-refractivity contribution is 9.13. The summed E-state index contributed by atoms with van der Waals surface area (Å²) in [7, 11) is 0. The highest BCUT2D eigenvalue weighted by Gasteiger charge is 2.06. The molecule has 0 bridgehead atoms. The molecule has 0 aliphatic heterocycles. The first-order chi connectivity index (χ1) is 5.04. The molecule has 0 heterocycles. The summed E-state index contributed by atoms with van der Waals surface area (Å²) in [6, 6.07) is 1.97. The van der Waals surface area contributed by atoms with Gasteiger partial charge in [-0.1, -0.05) is 0 Å². The van der Waals surface area contributed by atoms with E-state index < -0.39 is 0 Å². The molecular weight excluding hydrogens is 356 g/mol. The second kappa shape index (κ2) is 3.81. The molecule has 1 aromatic rings. The van der Waals surface area contributed by atoms with E-state index in [0.29, 0.717) is 0 Å². The van der Waals surface area contributed by atoms with Crippen LogP contribution in [0.5, 0.6) is 0 Å². The first-order valence-electron chi connectivity index (χ1n) is 2.87. The van der Waals surface area contributed by atoms with Crippen molar-refractivity contribution in [1.29, 1.82) is 0 Å². The zero-order chi connectivity index (χ0) is 8.59. The Labute approximate surface area is 96.6 Å². The fourth-order valence-corrected chi connectivity index (χ4v) is 2.71. The van der Waals surface area contributed by atoms with Gasteiger partial charge in [0.05, 0.1) is 0 Å². The van der Waals surface area contributed by atoms with E-state index in [-0.39, 0.29) is 0 Å². The maximum Gasteiger partial charge on any atom is 0.0358 e. The van der Waals surface area contributed by atoms with Gasteiger partial charge >= 0.3 is 0 Å². The summed E-state index contributed by atoms with van der Waals surface area (Å²) in [5.41, 5.74) is 1.13. The molecule has 1 rings (SSSR count). The molecule has 0 atom stereocenters. The molecule has 0 aliphatic carbocycles. The molecule has 0 nitrogen and oxygen atoms in total. The third-order valence-electron chi connectivity index (χ3n) is 1.37. The van der Waals surface area contributed by atoms with Gasteiger partial charge in [-0.05, 0) is 66.3 Å². The van der Waals surface area contributed by atoms with Crippen molar-refractivity contribution >= 4 is 60.4 Å². The van der Waals surface area contributed by atoms with Crippen LogP contribution in [0.3, 0.4) is 0 Å². The molecule has 0 saturated heterocycles. The average Bonchev–Trinajstić information content (AvgIpc) is 1.97. The van der Waals surface area contributed by atoms with Crippen LogP contribution in [0.4, 0.5) is 0 Å². The first-order valence-corrected chi connectivity index (χ1v) is 5.69. The van der Waals surface area contributed by atoms with Gasteiger partial charge in [0.1, 0.15) is 0 Å². The molecule has 0 amide bonds. The second-order valence-corrected chi connectivity index (χ2v) is 5.08. The lowest BCUT2D eigenvalue weighted by molar-refractivity contribution is 1.24. The fourth-order valence-electron chi connectivity index (χ4n) is 0.705. The molecule has 1 aromatic carbocycles. The van der Waals surface area contributed by atoms with Crippen molar-refractivity contribution in [3.63, 3.8) is 0 Å². The van der Waals surface area contributed by atoms with E-state index in [1.54, 1.807) is 0 Å². The van der Waals surface area contributed by atoms with Crippen LogP contribution >= 0.6 is 60.4 Å². The standard InChI is InChI=1S/C7H5Br3S/c1-3-6(10)4(8)2-5(9)7(3)11/h2,11H,1H3. The Morgan fingerprint density at radius 2 is 1.73 bits per heavy atom. The van der Waals surface area contributed by atoms with Gasteiger partial charge in [0.25, 0.3) is 0 Å². The van der Waals surface area contributed by atoms with E-state index in [9.17, 15) is 0 Å². The Kier molecular flexibility index (Phi) is 3.50. The van der Waals surface area contributed by atoms with Gasteiger partial charge in [0.2, 0.25) is 0 Å². The van der Waals surface area contributed by atoms with Crippen molar-refractivity contribution in [2.24, 2.45) is 0 Å². The van der Waals surface area contributed by atoms with Crippen molar-refractivity contribution in [2.45, 2.75) is 11.8 Å². The Hall–Kier alpha value is 1.01. The van der Waals surface area contributed by atoms with Crippen LogP contribution in [-0.4, -0.2) is 0 Å². The largest absolute Gasteiger partial charge is 0.142 e. The molecule has 0 N–H and O–H groups in total. The number of rotatable bonds is 0. The highest BCUT2D eigenvalue weighted by Crippen LogP contribution is 2.35. The average molecular weight is 361 g/mol. The summed E-state index contributed by atoms with van der Waals surface area (Å²) in [5, 5.41) is 0.